The Hall–Kier alpha value is -1.57. The van der Waals surface area contributed by atoms with Gasteiger partial charge in [-0.2, -0.15) is 5.26 Å². The summed E-state index contributed by atoms with van der Waals surface area (Å²) in [6.07, 6.45) is 1.07. The number of nitriles is 1. The average molecular weight is 231 g/mol. The monoisotopic (exact) mass is 231 g/mol. The van der Waals surface area contributed by atoms with Gasteiger partial charge in [-0.15, -0.1) is 0 Å². The quantitative estimate of drug-likeness (QED) is 0.823. The third-order valence-electron chi connectivity index (χ3n) is 3.07. The Balaban J connectivity index is 2.02. The molecule has 0 spiro atoms. The molecule has 1 saturated carbocycles. The molecule has 0 heterocycles. The molecule has 0 bridgehead atoms. The van der Waals surface area contributed by atoms with E-state index in [-0.39, 0.29) is 18.2 Å². The number of nitrogens with zero attached hydrogens (tertiary/aromatic N) is 1. The lowest BCUT2D eigenvalue weighted by molar-refractivity contribution is -0.0126. The van der Waals surface area contributed by atoms with Gasteiger partial charge < -0.3 is 15.8 Å². The zero-order valence-electron chi connectivity index (χ0n) is 9.89. The normalized spacial score (nSPS) is 27.0. The molecule has 17 heavy (non-hydrogen) atoms. The maximum absolute atomic E-state index is 8.83. The third-order valence-corrected chi connectivity index (χ3v) is 3.07. The maximum atomic E-state index is 8.83. The van der Waals surface area contributed by atoms with Crippen LogP contribution in [0.15, 0.2) is 24.3 Å². The minimum absolute atomic E-state index is 0.122. The van der Waals surface area contributed by atoms with Crippen molar-refractivity contribution in [3.05, 3.63) is 29.8 Å². The van der Waals surface area contributed by atoms with Gasteiger partial charge in [-0.25, -0.2) is 0 Å². The van der Waals surface area contributed by atoms with Gasteiger partial charge in [-0.05, 0) is 31.5 Å². The van der Waals surface area contributed by atoms with Crippen molar-refractivity contribution in [3.63, 3.8) is 0 Å². The zero-order valence-corrected chi connectivity index (χ0v) is 9.89. The van der Waals surface area contributed by atoms with Crippen LogP contribution in [0.5, 0.6) is 0 Å². The summed E-state index contributed by atoms with van der Waals surface area (Å²) in [7, 11) is 0. The topological polar surface area (TPSA) is 71.1 Å². The Morgan fingerprint density at radius 2 is 2.41 bits per heavy atom. The molecule has 1 aromatic rings. The van der Waals surface area contributed by atoms with Crippen molar-refractivity contribution < 1.29 is 4.74 Å². The molecule has 0 radical (unpaired) electrons. The van der Waals surface area contributed by atoms with Crippen molar-refractivity contribution >= 4 is 5.69 Å². The molecule has 1 fully saturated rings. The Morgan fingerprint density at radius 1 is 1.59 bits per heavy atom. The summed E-state index contributed by atoms with van der Waals surface area (Å²) in [5.74, 6) is 0. The molecular weight excluding hydrogens is 214 g/mol. The smallest absolute Gasteiger partial charge is 0.0992 e. The lowest BCUT2D eigenvalue weighted by Crippen LogP contribution is -2.60. The molecule has 3 atom stereocenters. The Morgan fingerprint density at radius 3 is 3.06 bits per heavy atom. The standard InChI is InChI=1S/C13H17N3O/c1-2-17-12-7-11(15)13(12)16-10-5-3-4-9(6-10)8-14/h3-6,11-13,16H,2,7,15H2,1H3. The highest BCUT2D eigenvalue weighted by Crippen LogP contribution is 2.26. The Labute approximate surface area is 101 Å². The molecule has 4 heteroatoms. The zero-order chi connectivity index (χ0) is 12.3. The predicted molar refractivity (Wildman–Crippen MR) is 66.6 cm³/mol. The number of benzene rings is 1. The highest BCUT2D eigenvalue weighted by Gasteiger charge is 2.39. The molecule has 3 unspecified atom stereocenters. The van der Waals surface area contributed by atoms with E-state index < -0.39 is 0 Å². The largest absolute Gasteiger partial charge is 0.378 e. The Kier molecular flexibility index (Phi) is 3.62. The molecule has 0 saturated heterocycles. The van der Waals surface area contributed by atoms with Crippen LogP contribution in [0.3, 0.4) is 0 Å². The van der Waals surface area contributed by atoms with Crippen molar-refractivity contribution in [2.75, 3.05) is 11.9 Å². The maximum Gasteiger partial charge on any atom is 0.0992 e. The van der Waals surface area contributed by atoms with E-state index in [1.807, 2.05) is 25.1 Å². The molecule has 1 aromatic carbocycles. The van der Waals surface area contributed by atoms with Crippen molar-refractivity contribution in [1.29, 1.82) is 5.26 Å². The second kappa shape index (κ2) is 5.17. The first-order chi connectivity index (χ1) is 8.24. The number of nitrogens with one attached hydrogen (secondary N) is 1. The molecule has 1 aliphatic carbocycles. The predicted octanol–water partition coefficient (Wildman–Crippen LogP) is 1.47. The molecule has 0 aromatic heterocycles. The van der Waals surface area contributed by atoms with Crippen LogP contribution in [0.4, 0.5) is 5.69 Å². The average Bonchev–Trinajstić information content (AvgIpc) is 2.36. The first-order valence-electron chi connectivity index (χ1n) is 5.88. The highest BCUT2D eigenvalue weighted by molar-refractivity contribution is 5.50. The van der Waals surface area contributed by atoms with Crippen molar-refractivity contribution in [2.24, 2.45) is 5.73 Å². The molecular formula is C13H17N3O. The van der Waals surface area contributed by atoms with E-state index in [4.69, 9.17) is 15.7 Å². The van der Waals surface area contributed by atoms with Gasteiger partial charge in [0.2, 0.25) is 0 Å². The van der Waals surface area contributed by atoms with Gasteiger partial charge >= 0.3 is 0 Å². The first-order valence-corrected chi connectivity index (χ1v) is 5.88. The van der Waals surface area contributed by atoms with E-state index in [9.17, 15) is 0 Å². The third kappa shape index (κ3) is 2.57. The number of rotatable bonds is 4. The van der Waals surface area contributed by atoms with Gasteiger partial charge in [0.1, 0.15) is 0 Å². The van der Waals surface area contributed by atoms with Crippen LogP contribution in [-0.4, -0.2) is 24.8 Å². The molecule has 2 rings (SSSR count). The van der Waals surface area contributed by atoms with Crippen molar-refractivity contribution in [3.8, 4) is 6.07 Å². The van der Waals surface area contributed by atoms with Crippen LogP contribution in [-0.2, 0) is 4.74 Å². The summed E-state index contributed by atoms with van der Waals surface area (Å²) in [5, 5.41) is 12.2. The molecule has 90 valence electrons. The highest BCUT2D eigenvalue weighted by atomic mass is 16.5. The molecule has 4 nitrogen and oxygen atoms in total. The van der Waals surface area contributed by atoms with Crippen LogP contribution in [0.25, 0.3) is 0 Å². The van der Waals surface area contributed by atoms with Gasteiger partial charge in [-0.3, -0.25) is 0 Å². The van der Waals surface area contributed by atoms with Gasteiger partial charge in [0.15, 0.2) is 0 Å². The van der Waals surface area contributed by atoms with E-state index >= 15 is 0 Å². The minimum atomic E-state index is 0.122. The number of nitrogens with two attached hydrogens (primary N) is 1. The molecule has 0 aliphatic heterocycles. The number of ether oxygens (including phenoxy) is 1. The van der Waals surface area contributed by atoms with E-state index in [1.54, 1.807) is 6.07 Å². The summed E-state index contributed by atoms with van der Waals surface area (Å²) in [5.41, 5.74) is 7.53. The van der Waals surface area contributed by atoms with E-state index in [0.717, 1.165) is 12.1 Å². The van der Waals surface area contributed by atoms with Crippen LogP contribution >= 0.6 is 0 Å². The number of hydrogen-bond donors (Lipinski definition) is 2. The van der Waals surface area contributed by atoms with Crippen LogP contribution in [0, 0.1) is 11.3 Å². The summed E-state index contributed by atoms with van der Waals surface area (Å²) >= 11 is 0. The second-order valence-corrected chi connectivity index (χ2v) is 4.26. The van der Waals surface area contributed by atoms with E-state index in [0.29, 0.717) is 12.2 Å². The van der Waals surface area contributed by atoms with Crippen molar-refractivity contribution in [2.45, 2.75) is 31.5 Å². The summed E-state index contributed by atoms with van der Waals surface area (Å²) in [6.45, 7) is 2.69. The summed E-state index contributed by atoms with van der Waals surface area (Å²) in [4.78, 5) is 0. The fourth-order valence-electron chi connectivity index (χ4n) is 2.10. The van der Waals surface area contributed by atoms with Crippen LogP contribution in [0.1, 0.15) is 18.9 Å². The lowest BCUT2D eigenvalue weighted by Gasteiger charge is -2.43. The number of hydrogen-bond acceptors (Lipinski definition) is 4. The Bertz CT molecular complexity index is 425. The fraction of sp³-hybridized carbons (Fsp3) is 0.462. The molecule has 1 aliphatic rings. The van der Waals surface area contributed by atoms with Gasteiger partial charge in [0.05, 0.1) is 23.8 Å². The van der Waals surface area contributed by atoms with Gasteiger partial charge in [-0.1, -0.05) is 6.07 Å². The van der Waals surface area contributed by atoms with Gasteiger partial charge in [0, 0.05) is 18.3 Å². The number of anilines is 1. The molecule has 0 amide bonds. The van der Waals surface area contributed by atoms with Crippen molar-refractivity contribution in [1.82, 2.24) is 0 Å². The minimum Gasteiger partial charge on any atom is -0.378 e. The summed E-state index contributed by atoms with van der Waals surface area (Å²) in [6, 6.07) is 9.80. The molecule has 3 N–H and O–H groups in total. The summed E-state index contributed by atoms with van der Waals surface area (Å²) < 4.78 is 5.58. The van der Waals surface area contributed by atoms with Crippen LogP contribution in [0.2, 0.25) is 0 Å². The van der Waals surface area contributed by atoms with E-state index in [1.165, 1.54) is 0 Å². The lowest BCUT2D eigenvalue weighted by atomic mass is 9.83. The van der Waals surface area contributed by atoms with Gasteiger partial charge in [0.25, 0.3) is 0 Å². The second-order valence-electron chi connectivity index (χ2n) is 4.26. The first kappa shape index (κ1) is 11.9. The fourth-order valence-corrected chi connectivity index (χ4v) is 2.10. The van der Waals surface area contributed by atoms with Crippen LogP contribution < -0.4 is 11.1 Å². The SMILES string of the molecule is CCOC1CC(N)C1Nc1cccc(C#N)c1. The van der Waals surface area contributed by atoms with E-state index in [2.05, 4.69) is 11.4 Å².